The highest BCUT2D eigenvalue weighted by Gasteiger charge is 2.38. The Balaban J connectivity index is 1.23. The van der Waals surface area contributed by atoms with Crippen molar-refractivity contribution in [3.63, 3.8) is 0 Å². The molecular weight excluding hydrogens is 527 g/mol. The van der Waals surface area contributed by atoms with Crippen LogP contribution in [-0.4, -0.2) is 56.6 Å². The number of piperidine rings is 1. The lowest BCUT2D eigenvalue weighted by molar-refractivity contribution is -0.947. The first-order valence-electron chi connectivity index (χ1n) is 14.2. The van der Waals surface area contributed by atoms with Crippen LogP contribution in [0, 0.1) is 12.7 Å². The number of aliphatic hydroxyl groups excluding tert-OH is 1. The molecular formula is C31H34FN4O5+. The molecule has 214 valence electrons. The van der Waals surface area contributed by atoms with Crippen LogP contribution in [0.25, 0.3) is 11.0 Å². The van der Waals surface area contributed by atoms with E-state index in [0.29, 0.717) is 71.7 Å². The molecule has 2 aromatic heterocycles. The molecule has 9 nitrogen and oxygen atoms in total. The molecule has 41 heavy (non-hydrogen) atoms. The monoisotopic (exact) mass is 561 g/mol. The molecule has 1 N–H and O–H groups in total. The van der Waals surface area contributed by atoms with E-state index in [0.717, 1.165) is 30.3 Å². The summed E-state index contributed by atoms with van der Waals surface area (Å²) in [6.07, 6.45) is 2.65. The molecule has 0 aliphatic carbocycles. The van der Waals surface area contributed by atoms with Crippen molar-refractivity contribution in [3.8, 4) is 0 Å². The van der Waals surface area contributed by atoms with E-state index in [2.05, 4.69) is 10.1 Å². The third kappa shape index (κ3) is 5.41. The molecule has 4 heterocycles. The van der Waals surface area contributed by atoms with Gasteiger partial charge in [0.05, 0.1) is 30.9 Å². The predicted octanol–water partition coefficient (Wildman–Crippen LogP) is 4.41. The predicted molar refractivity (Wildman–Crippen MR) is 149 cm³/mol. The standard InChI is InChI=1S/C31H34FN4O5/c1-20-24(30(38)35-14-5-8-26(37)29(35)33-20)13-17-36(19-40-31(39)22-6-3-2-4-7-22)15-11-21(12-16-36)28-25-10-9-23(32)18-27(25)41-34-28/h2-4,6-7,9-10,18,21,26,37H,5,8,11-17,19H2,1H3/q+1. The van der Waals surface area contributed by atoms with E-state index >= 15 is 0 Å². The van der Waals surface area contributed by atoms with Gasteiger partial charge in [0.1, 0.15) is 17.7 Å². The van der Waals surface area contributed by atoms with Crippen molar-refractivity contribution in [2.45, 2.75) is 57.6 Å². The van der Waals surface area contributed by atoms with Crippen molar-refractivity contribution in [3.05, 3.63) is 93.0 Å². The number of aryl methyl sites for hydroxylation is 1. The normalized spacial score (nSPS) is 22.4. The summed E-state index contributed by atoms with van der Waals surface area (Å²) in [5, 5.41) is 15.5. The zero-order valence-corrected chi connectivity index (χ0v) is 23.1. The maximum atomic E-state index is 13.7. The molecule has 0 amide bonds. The third-order valence-corrected chi connectivity index (χ3v) is 8.72. The van der Waals surface area contributed by atoms with Gasteiger partial charge in [0, 0.05) is 54.4 Å². The van der Waals surface area contributed by atoms with Gasteiger partial charge in [-0.2, -0.15) is 0 Å². The van der Waals surface area contributed by atoms with Crippen LogP contribution in [0.2, 0.25) is 0 Å². The van der Waals surface area contributed by atoms with Crippen LogP contribution in [-0.2, 0) is 17.7 Å². The van der Waals surface area contributed by atoms with Crippen molar-refractivity contribution < 1.29 is 28.0 Å². The summed E-state index contributed by atoms with van der Waals surface area (Å²) >= 11 is 0. The minimum atomic E-state index is -0.719. The molecule has 2 aromatic carbocycles. The summed E-state index contributed by atoms with van der Waals surface area (Å²) in [7, 11) is 0. The third-order valence-electron chi connectivity index (χ3n) is 8.72. The van der Waals surface area contributed by atoms with Gasteiger partial charge in [0.25, 0.3) is 5.56 Å². The number of aromatic nitrogens is 3. The molecule has 1 atom stereocenters. The summed E-state index contributed by atoms with van der Waals surface area (Å²) in [5.41, 5.74) is 2.93. The lowest BCUT2D eigenvalue weighted by Gasteiger charge is -2.42. The van der Waals surface area contributed by atoms with Crippen LogP contribution < -0.4 is 5.56 Å². The van der Waals surface area contributed by atoms with Crippen LogP contribution in [0.5, 0.6) is 0 Å². The number of carbonyl (C=O) groups is 1. The van der Waals surface area contributed by atoms with Crippen LogP contribution in [0.15, 0.2) is 57.8 Å². The molecule has 4 aromatic rings. The van der Waals surface area contributed by atoms with E-state index in [-0.39, 0.29) is 30.0 Å². The Morgan fingerprint density at radius 1 is 1.17 bits per heavy atom. The lowest BCUT2D eigenvalue weighted by atomic mass is 9.90. The SMILES string of the molecule is Cc1nc2n(c(=O)c1CC[N+]1(COC(=O)c3ccccc3)CCC(c3noc4cc(F)ccc34)CC1)CCCC2O. The molecule has 0 saturated carbocycles. The number of ether oxygens (including phenoxy) is 1. The number of aliphatic hydroxyl groups is 1. The maximum Gasteiger partial charge on any atom is 0.342 e. The first-order chi connectivity index (χ1) is 19.8. The number of esters is 1. The molecule has 1 unspecified atom stereocenters. The van der Waals surface area contributed by atoms with Gasteiger partial charge >= 0.3 is 5.97 Å². The second-order valence-corrected chi connectivity index (χ2v) is 11.3. The number of hydrogen-bond donors (Lipinski definition) is 1. The van der Waals surface area contributed by atoms with Gasteiger partial charge in [-0.25, -0.2) is 14.2 Å². The molecule has 10 heteroatoms. The van der Waals surface area contributed by atoms with Crippen LogP contribution in [0.3, 0.4) is 0 Å². The fourth-order valence-electron chi connectivity index (χ4n) is 6.29. The Labute approximate surface area is 236 Å². The molecule has 6 rings (SSSR count). The lowest BCUT2D eigenvalue weighted by Crippen LogP contribution is -2.55. The summed E-state index contributed by atoms with van der Waals surface area (Å²) in [4.78, 5) is 30.9. The van der Waals surface area contributed by atoms with Crippen LogP contribution >= 0.6 is 0 Å². The second-order valence-electron chi connectivity index (χ2n) is 11.3. The molecule has 0 radical (unpaired) electrons. The zero-order valence-electron chi connectivity index (χ0n) is 23.1. The van der Waals surface area contributed by atoms with Crippen LogP contribution in [0.1, 0.15) is 70.8 Å². The van der Waals surface area contributed by atoms with Crippen LogP contribution in [0.4, 0.5) is 4.39 Å². The number of halogens is 1. The number of nitrogens with zero attached hydrogens (tertiary/aromatic N) is 4. The van der Waals surface area contributed by atoms with Gasteiger partial charge in [-0.3, -0.25) is 13.8 Å². The molecule has 2 aliphatic heterocycles. The van der Waals surface area contributed by atoms with E-state index in [1.807, 2.05) is 13.0 Å². The highest BCUT2D eigenvalue weighted by atomic mass is 19.1. The Hall–Kier alpha value is -3.89. The average molecular weight is 562 g/mol. The molecule has 1 saturated heterocycles. The molecule has 0 spiro atoms. The van der Waals surface area contributed by atoms with Gasteiger partial charge < -0.3 is 14.4 Å². The Bertz CT molecular complexity index is 1630. The van der Waals surface area contributed by atoms with E-state index in [1.54, 1.807) is 34.9 Å². The quantitative estimate of drug-likeness (QED) is 0.263. The summed E-state index contributed by atoms with van der Waals surface area (Å²) in [5.74, 6) is -0.173. The fraction of sp³-hybridized carbons (Fsp3) is 0.419. The highest BCUT2D eigenvalue weighted by molar-refractivity contribution is 5.89. The first-order valence-corrected chi connectivity index (χ1v) is 14.2. The van der Waals surface area contributed by atoms with E-state index in [9.17, 15) is 19.1 Å². The second kappa shape index (κ2) is 11.2. The molecule has 0 bridgehead atoms. The van der Waals surface area contributed by atoms with E-state index < -0.39 is 6.10 Å². The minimum Gasteiger partial charge on any atom is -0.411 e. The van der Waals surface area contributed by atoms with Gasteiger partial charge in [0.15, 0.2) is 5.58 Å². The Morgan fingerprint density at radius 2 is 1.95 bits per heavy atom. The largest absolute Gasteiger partial charge is 0.411 e. The van der Waals surface area contributed by atoms with Crippen molar-refractivity contribution in [2.75, 3.05) is 26.4 Å². The van der Waals surface area contributed by atoms with E-state index in [4.69, 9.17) is 9.26 Å². The van der Waals surface area contributed by atoms with Crippen molar-refractivity contribution in [2.24, 2.45) is 0 Å². The fourth-order valence-corrected chi connectivity index (χ4v) is 6.29. The van der Waals surface area contributed by atoms with Crippen molar-refractivity contribution in [1.29, 1.82) is 0 Å². The Kier molecular flexibility index (Phi) is 7.44. The topological polar surface area (TPSA) is 107 Å². The summed E-state index contributed by atoms with van der Waals surface area (Å²) in [6.45, 7) is 4.57. The number of fused-ring (bicyclic) bond motifs is 2. The maximum absolute atomic E-state index is 13.7. The summed E-state index contributed by atoms with van der Waals surface area (Å²) < 4.78 is 27.1. The number of rotatable bonds is 7. The minimum absolute atomic E-state index is 0.0955. The van der Waals surface area contributed by atoms with Gasteiger partial charge in [-0.05, 0) is 44.0 Å². The van der Waals surface area contributed by atoms with Gasteiger partial charge in [0.2, 0.25) is 6.73 Å². The smallest absolute Gasteiger partial charge is 0.342 e. The van der Waals surface area contributed by atoms with Crippen molar-refractivity contribution in [1.82, 2.24) is 14.7 Å². The first kappa shape index (κ1) is 27.3. The van der Waals surface area contributed by atoms with E-state index in [1.165, 1.54) is 12.1 Å². The average Bonchev–Trinajstić information content (AvgIpc) is 3.40. The molecule has 1 fully saturated rings. The number of benzene rings is 2. The zero-order chi connectivity index (χ0) is 28.6. The summed E-state index contributed by atoms with van der Waals surface area (Å²) in [6, 6.07) is 13.4. The number of hydrogen-bond acceptors (Lipinski definition) is 7. The van der Waals surface area contributed by atoms with Crippen molar-refractivity contribution >= 4 is 16.9 Å². The number of likely N-dealkylation sites (tertiary alicyclic amines) is 1. The van der Waals surface area contributed by atoms with Gasteiger partial charge in [-0.15, -0.1) is 0 Å². The van der Waals surface area contributed by atoms with Gasteiger partial charge in [-0.1, -0.05) is 23.4 Å². The molecule has 2 aliphatic rings. The Morgan fingerprint density at radius 3 is 2.73 bits per heavy atom. The number of quaternary nitrogens is 1. The number of carbonyl (C=O) groups excluding carboxylic acids is 1. The highest BCUT2D eigenvalue weighted by Crippen LogP contribution is 2.35.